The molecule has 7 nitrogen and oxygen atoms in total. The van der Waals surface area contributed by atoms with Gasteiger partial charge in [-0.2, -0.15) is 0 Å². The standard InChI is InChI=1S/C11H11ClN4O3S/c1-2-18-10(17)11-19-6(3-20-11)16-5-15-9-7(16)8(12)13-4-14-9/h4-6,11H,2-3H2,1H3/t6-,11+/m1/s1. The van der Waals surface area contributed by atoms with Gasteiger partial charge in [-0.05, 0) is 6.92 Å². The molecule has 3 rings (SSSR count). The number of esters is 1. The highest BCUT2D eigenvalue weighted by atomic mass is 35.5. The Morgan fingerprint density at radius 2 is 2.45 bits per heavy atom. The van der Waals surface area contributed by atoms with Crippen LogP contribution in [0.4, 0.5) is 0 Å². The Hall–Kier alpha value is -1.38. The van der Waals surface area contributed by atoms with Crippen molar-refractivity contribution < 1.29 is 14.3 Å². The number of rotatable bonds is 3. The van der Waals surface area contributed by atoms with Crippen molar-refractivity contribution in [3.05, 3.63) is 17.8 Å². The molecular formula is C11H11ClN4O3S. The molecule has 0 N–H and O–H groups in total. The SMILES string of the molecule is CCOC(=O)[C@H]1O[C@@H](n2cnc3ncnc(Cl)c32)CS1. The number of fused-ring (bicyclic) bond motifs is 1. The third-order valence-corrected chi connectivity index (χ3v) is 4.14. The van der Waals surface area contributed by atoms with Gasteiger partial charge in [0.1, 0.15) is 18.1 Å². The molecule has 9 heteroatoms. The van der Waals surface area contributed by atoms with Crippen LogP contribution >= 0.6 is 23.4 Å². The zero-order chi connectivity index (χ0) is 14.1. The number of hydrogen-bond acceptors (Lipinski definition) is 7. The van der Waals surface area contributed by atoms with E-state index in [0.29, 0.717) is 28.7 Å². The average molecular weight is 315 g/mol. The van der Waals surface area contributed by atoms with Crippen LogP contribution in [0.15, 0.2) is 12.7 Å². The van der Waals surface area contributed by atoms with Crippen molar-refractivity contribution in [2.24, 2.45) is 0 Å². The van der Waals surface area contributed by atoms with Gasteiger partial charge in [-0.3, -0.25) is 4.57 Å². The van der Waals surface area contributed by atoms with Crippen LogP contribution in [-0.2, 0) is 14.3 Å². The maximum absolute atomic E-state index is 11.6. The van der Waals surface area contributed by atoms with Crippen molar-refractivity contribution in [1.82, 2.24) is 19.5 Å². The van der Waals surface area contributed by atoms with Gasteiger partial charge < -0.3 is 9.47 Å². The van der Waals surface area contributed by atoms with Crippen molar-refractivity contribution in [3.8, 4) is 0 Å². The fraction of sp³-hybridized carbons (Fsp3) is 0.455. The van der Waals surface area contributed by atoms with E-state index in [1.165, 1.54) is 18.1 Å². The predicted octanol–water partition coefficient (Wildman–Crippen LogP) is 1.63. The van der Waals surface area contributed by atoms with Crippen molar-refractivity contribution in [3.63, 3.8) is 0 Å². The van der Waals surface area contributed by atoms with E-state index < -0.39 is 5.44 Å². The minimum atomic E-state index is -0.624. The van der Waals surface area contributed by atoms with Crippen LogP contribution < -0.4 is 0 Å². The van der Waals surface area contributed by atoms with Gasteiger partial charge >= 0.3 is 5.97 Å². The molecule has 20 heavy (non-hydrogen) atoms. The Labute approximate surface area is 123 Å². The number of ether oxygens (including phenoxy) is 2. The van der Waals surface area contributed by atoms with Crippen LogP contribution in [0.25, 0.3) is 11.2 Å². The molecule has 2 aromatic rings. The van der Waals surface area contributed by atoms with Gasteiger partial charge in [0.25, 0.3) is 0 Å². The van der Waals surface area contributed by atoms with E-state index in [4.69, 9.17) is 21.1 Å². The Balaban J connectivity index is 1.85. The summed E-state index contributed by atoms with van der Waals surface area (Å²) in [5, 5.41) is 0.306. The molecule has 0 aliphatic carbocycles. The van der Waals surface area contributed by atoms with E-state index in [-0.39, 0.29) is 12.2 Å². The zero-order valence-electron chi connectivity index (χ0n) is 10.5. The molecule has 106 valence electrons. The third-order valence-electron chi connectivity index (χ3n) is 2.78. The van der Waals surface area contributed by atoms with Crippen molar-refractivity contribution in [2.75, 3.05) is 12.4 Å². The number of aromatic nitrogens is 4. The topological polar surface area (TPSA) is 79.1 Å². The number of imidazole rings is 1. The van der Waals surface area contributed by atoms with Gasteiger partial charge in [0, 0.05) is 5.75 Å². The molecule has 1 saturated heterocycles. The van der Waals surface area contributed by atoms with E-state index in [1.807, 2.05) is 0 Å². The summed E-state index contributed by atoms with van der Waals surface area (Å²) in [5.74, 6) is 0.229. The molecule has 1 aliphatic rings. The first-order valence-corrected chi connectivity index (χ1v) is 7.40. The van der Waals surface area contributed by atoms with Crippen molar-refractivity contribution in [2.45, 2.75) is 18.6 Å². The Morgan fingerprint density at radius 1 is 1.60 bits per heavy atom. The second-order valence-electron chi connectivity index (χ2n) is 4.00. The highest BCUT2D eigenvalue weighted by Crippen LogP contribution is 2.34. The van der Waals surface area contributed by atoms with Crippen LogP contribution in [0.1, 0.15) is 13.2 Å². The summed E-state index contributed by atoms with van der Waals surface area (Å²) in [6.07, 6.45) is 2.60. The van der Waals surface area contributed by atoms with E-state index in [1.54, 1.807) is 17.8 Å². The summed E-state index contributed by atoms with van der Waals surface area (Å²) in [7, 11) is 0. The van der Waals surface area contributed by atoms with Crippen molar-refractivity contribution >= 4 is 40.5 Å². The Kier molecular flexibility index (Phi) is 3.77. The molecule has 0 amide bonds. The zero-order valence-corrected chi connectivity index (χ0v) is 12.1. The normalized spacial score (nSPS) is 22.3. The summed E-state index contributed by atoms with van der Waals surface area (Å²) in [6, 6.07) is 0. The predicted molar refractivity (Wildman–Crippen MR) is 73.3 cm³/mol. The monoisotopic (exact) mass is 314 g/mol. The van der Waals surface area contributed by atoms with Gasteiger partial charge in [-0.25, -0.2) is 19.7 Å². The maximum atomic E-state index is 11.6. The molecule has 0 radical (unpaired) electrons. The van der Waals surface area contributed by atoms with E-state index in [0.717, 1.165) is 0 Å². The first-order valence-electron chi connectivity index (χ1n) is 5.97. The van der Waals surface area contributed by atoms with Crippen LogP contribution in [0.2, 0.25) is 5.15 Å². The maximum Gasteiger partial charge on any atom is 0.345 e. The molecule has 1 aliphatic heterocycles. The summed E-state index contributed by atoms with van der Waals surface area (Å²) in [5.41, 5.74) is 0.475. The highest BCUT2D eigenvalue weighted by molar-refractivity contribution is 8.00. The lowest BCUT2D eigenvalue weighted by atomic mass is 10.5. The second-order valence-corrected chi connectivity index (χ2v) is 5.45. The molecule has 0 saturated carbocycles. The molecule has 2 atom stereocenters. The molecule has 2 aromatic heterocycles. The first-order chi connectivity index (χ1) is 9.70. The highest BCUT2D eigenvalue weighted by Gasteiger charge is 2.34. The third kappa shape index (κ3) is 2.34. The minimum absolute atomic E-state index is 0.306. The molecule has 3 heterocycles. The molecular weight excluding hydrogens is 304 g/mol. The summed E-state index contributed by atoms with van der Waals surface area (Å²) >= 11 is 7.45. The van der Waals surface area contributed by atoms with Gasteiger partial charge in [-0.1, -0.05) is 11.6 Å². The quantitative estimate of drug-likeness (QED) is 0.629. The lowest BCUT2D eigenvalue weighted by molar-refractivity contribution is -0.153. The summed E-state index contributed by atoms with van der Waals surface area (Å²) < 4.78 is 12.4. The van der Waals surface area contributed by atoms with Gasteiger partial charge in [0.05, 0.1) is 12.9 Å². The minimum Gasteiger partial charge on any atom is -0.463 e. The Bertz CT molecular complexity index is 650. The largest absolute Gasteiger partial charge is 0.463 e. The number of carbonyl (C=O) groups is 1. The van der Waals surface area contributed by atoms with Gasteiger partial charge in [0.2, 0.25) is 5.44 Å². The fourth-order valence-corrected chi connectivity index (χ4v) is 3.14. The average Bonchev–Trinajstić information content (AvgIpc) is 3.05. The van der Waals surface area contributed by atoms with Crippen LogP contribution in [0.5, 0.6) is 0 Å². The molecule has 0 aromatic carbocycles. The smallest absolute Gasteiger partial charge is 0.345 e. The molecule has 1 fully saturated rings. The van der Waals surface area contributed by atoms with E-state index >= 15 is 0 Å². The molecule has 0 unspecified atom stereocenters. The molecule has 0 bridgehead atoms. The van der Waals surface area contributed by atoms with E-state index in [2.05, 4.69) is 15.0 Å². The Morgan fingerprint density at radius 3 is 3.25 bits per heavy atom. The summed E-state index contributed by atoms with van der Waals surface area (Å²) in [4.78, 5) is 23.8. The number of hydrogen-bond donors (Lipinski definition) is 0. The van der Waals surface area contributed by atoms with Gasteiger partial charge in [0.15, 0.2) is 10.8 Å². The van der Waals surface area contributed by atoms with Crippen molar-refractivity contribution in [1.29, 1.82) is 0 Å². The van der Waals surface area contributed by atoms with Crippen LogP contribution in [0.3, 0.4) is 0 Å². The van der Waals surface area contributed by atoms with Crippen LogP contribution in [-0.4, -0.2) is 43.3 Å². The van der Waals surface area contributed by atoms with E-state index in [9.17, 15) is 4.79 Å². The number of halogens is 1. The number of carbonyl (C=O) groups excluding carboxylic acids is 1. The first kappa shape index (κ1) is 13.6. The molecule has 0 spiro atoms. The second kappa shape index (κ2) is 5.55. The number of thioether (sulfide) groups is 1. The lowest BCUT2D eigenvalue weighted by Gasteiger charge is -2.13. The lowest BCUT2D eigenvalue weighted by Crippen LogP contribution is -2.21. The number of nitrogens with zero attached hydrogens (tertiary/aromatic N) is 4. The summed E-state index contributed by atoms with van der Waals surface area (Å²) in [6.45, 7) is 2.09. The van der Waals surface area contributed by atoms with Crippen LogP contribution in [0, 0.1) is 0 Å². The fourth-order valence-electron chi connectivity index (χ4n) is 1.93. The van der Waals surface area contributed by atoms with Gasteiger partial charge in [-0.15, -0.1) is 11.8 Å².